The van der Waals surface area contributed by atoms with Crippen LogP contribution in [-0.4, -0.2) is 21.1 Å². The molecule has 1 atom stereocenters. The summed E-state index contributed by atoms with van der Waals surface area (Å²) in [5.74, 6) is 0. The topological polar surface area (TPSA) is 72.5 Å². The quantitative estimate of drug-likeness (QED) is 0.724. The lowest BCUT2D eigenvalue weighted by atomic mass is 10.2. The Morgan fingerprint density at radius 3 is 2.36 bits per heavy atom. The fraction of sp³-hybridized carbons (Fsp3) is 0.278. The molecule has 0 aliphatic carbocycles. The molecule has 0 bridgehead atoms. The smallest absolute Gasteiger partial charge is 0.408 e. The fourth-order valence-corrected chi connectivity index (χ4v) is 3.88. The Kier molecular flexibility index (Phi) is 6.84. The maximum Gasteiger partial charge on any atom is 0.408 e. The highest BCUT2D eigenvalue weighted by atomic mass is 35.5. The molecule has 2 rings (SSSR count). The van der Waals surface area contributed by atoms with Crippen LogP contribution in [0.15, 0.2) is 59.5 Å². The van der Waals surface area contributed by atoms with Gasteiger partial charge in [0.2, 0.25) is 9.84 Å². The Hall–Kier alpha value is -2.05. The fourth-order valence-electron chi connectivity index (χ4n) is 2.18. The monoisotopic (exact) mass is 381 g/mol. The number of unbranched alkanes of at least 4 members (excludes halogenated alkanes) is 1. The maximum absolute atomic E-state index is 13.0. The van der Waals surface area contributed by atoms with Crippen LogP contribution in [0.25, 0.3) is 0 Å². The molecule has 2 aromatic rings. The largest absolute Gasteiger partial charge is 0.450 e. The summed E-state index contributed by atoms with van der Waals surface area (Å²) < 4.78 is 31.0. The van der Waals surface area contributed by atoms with Gasteiger partial charge in [-0.05, 0) is 36.2 Å². The summed E-state index contributed by atoms with van der Waals surface area (Å²) in [6, 6.07) is 14.3. The molecule has 0 radical (unpaired) electrons. The number of nitrogens with one attached hydrogen (secondary N) is 1. The molecular formula is C18H20ClNO4S. The number of sulfone groups is 1. The number of ether oxygens (including phenoxy) is 1. The van der Waals surface area contributed by atoms with Gasteiger partial charge in [-0.2, -0.15) is 0 Å². The second-order valence-corrected chi connectivity index (χ2v) is 7.89. The van der Waals surface area contributed by atoms with Gasteiger partial charge in [0.15, 0.2) is 5.37 Å². The van der Waals surface area contributed by atoms with Crippen molar-refractivity contribution in [2.75, 3.05) is 6.61 Å². The first-order valence-corrected chi connectivity index (χ1v) is 9.85. The predicted octanol–water partition coefficient (Wildman–Crippen LogP) is 4.34. The Morgan fingerprint density at radius 2 is 1.76 bits per heavy atom. The molecule has 0 aliphatic heterocycles. The lowest BCUT2D eigenvalue weighted by molar-refractivity contribution is 0.143. The first-order chi connectivity index (χ1) is 11.9. The second kappa shape index (κ2) is 8.87. The number of halogens is 1. The highest BCUT2D eigenvalue weighted by molar-refractivity contribution is 7.91. The number of hydrogen-bond acceptors (Lipinski definition) is 4. The average molecular weight is 382 g/mol. The van der Waals surface area contributed by atoms with E-state index in [1.54, 1.807) is 42.5 Å². The molecular weight excluding hydrogens is 362 g/mol. The summed E-state index contributed by atoms with van der Waals surface area (Å²) in [6.45, 7) is 2.21. The van der Waals surface area contributed by atoms with E-state index in [-0.39, 0.29) is 11.5 Å². The Balaban J connectivity index is 2.32. The van der Waals surface area contributed by atoms with E-state index in [2.05, 4.69) is 5.32 Å². The third-order valence-corrected chi connectivity index (χ3v) is 5.73. The first kappa shape index (κ1) is 19.3. The zero-order valence-electron chi connectivity index (χ0n) is 13.8. The molecule has 0 fully saturated rings. The standard InChI is InChI=1S/C18H20ClNO4S/c1-2-3-13-24-18(21)20-17(14-9-11-15(19)12-10-14)25(22,23)16-7-5-4-6-8-16/h4-12,17H,2-3,13H2,1H3,(H,20,21). The van der Waals surface area contributed by atoms with Crippen LogP contribution in [0.4, 0.5) is 4.79 Å². The molecule has 0 spiro atoms. The van der Waals surface area contributed by atoms with E-state index in [0.29, 0.717) is 17.0 Å². The number of carbonyl (C=O) groups is 1. The van der Waals surface area contributed by atoms with Gasteiger partial charge in [-0.15, -0.1) is 0 Å². The van der Waals surface area contributed by atoms with Crippen molar-refractivity contribution in [1.29, 1.82) is 0 Å². The van der Waals surface area contributed by atoms with Gasteiger partial charge in [0.25, 0.3) is 0 Å². The van der Waals surface area contributed by atoms with E-state index < -0.39 is 21.3 Å². The molecule has 5 nitrogen and oxygen atoms in total. The van der Waals surface area contributed by atoms with E-state index in [1.807, 2.05) is 6.92 Å². The summed E-state index contributed by atoms with van der Waals surface area (Å²) >= 11 is 5.88. The van der Waals surface area contributed by atoms with Crippen molar-refractivity contribution in [3.8, 4) is 0 Å². The molecule has 0 saturated carbocycles. The third-order valence-electron chi connectivity index (χ3n) is 3.53. The minimum atomic E-state index is -3.85. The van der Waals surface area contributed by atoms with Gasteiger partial charge in [0.1, 0.15) is 0 Å². The lowest BCUT2D eigenvalue weighted by Crippen LogP contribution is -2.34. The van der Waals surface area contributed by atoms with Gasteiger partial charge in [-0.25, -0.2) is 13.2 Å². The van der Waals surface area contributed by atoms with Gasteiger partial charge in [0, 0.05) is 5.02 Å². The molecule has 0 aliphatic rings. The van der Waals surface area contributed by atoms with Crippen LogP contribution < -0.4 is 5.32 Å². The Morgan fingerprint density at radius 1 is 1.12 bits per heavy atom. The molecule has 0 saturated heterocycles. The molecule has 0 heterocycles. The van der Waals surface area contributed by atoms with Crippen molar-refractivity contribution in [3.63, 3.8) is 0 Å². The zero-order chi connectivity index (χ0) is 18.3. The molecule has 25 heavy (non-hydrogen) atoms. The van der Waals surface area contributed by atoms with Crippen LogP contribution >= 0.6 is 11.6 Å². The number of rotatable bonds is 7. The second-order valence-electron chi connectivity index (χ2n) is 5.42. The Bertz CT molecular complexity index is 792. The van der Waals surface area contributed by atoms with Crippen molar-refractivity contribution in [2.45, 2.75) is 30.0 Å². The summed E-state index contributed by atoms with van der Waals surface area (Å²) in [4.78, 5) is 12.1. The molecule has 1 amide bonds. The summed E-state index contributed by atoms with van der Waals surface area (Å²) in [6.07, 6.45) is 0.814. The SMILES string of the molecule is CCCCOC(=O)NC(c1ccc(Cl)cc1)S(=O)(=O)c1ccccc1. The van der Waals surface area contributed by atoms with Crippen molar-refractivity contribution >= 4 is 27.5 Å². The molecule has 1 unspecified atom stereocenters. The van der Waals surface area contributed by atoms with Crippen molar-refractivity contribution in [1.82, 2.24) is 5.32 Å². The number of hydrogen-bond donors (Lipinski definition) is 1. The van der Waals surface area contributed by atoms with Crippen molar-refractivity contribution in [2.24, 2.45) is 0 Å². The van der Waals surface area contributed by atoms with Gasteiger partial charge >= 0.3 is 6.09 Å². The van der Waals surface area contributed by atoms with Crippen molar-refractivity contribution < 1.29 is 17.9 Å². The molecule has 7 heteroatoms. The van der Waals surface area contributed by atoms with E-state index in [4.69, 9.17) is 16.3 Å². The van der Waals surface area contributed by atoms with Gasteiger partial charge in [0.05, 0.1) is 11.5 Å². The van der Waals surface area contributed by atoms with Gasteiger partial charge in [-0.3, -0.25) is 0 Å². The van der Waals surface area contributed by atoms with Crippen LogP contribution in [0, 0.1) is 0 Å². The van der Waals surface area contributed by atoms with E-state index in [0.717, 1.165) is 6.42 Å². The Labute approximate surface area is 152 Å². The maximum atomic E-state index is 13.0. The first-order valence-electron chi connectivity index (χ1n) is 7.93. The average Bonchev–Trinajstić information content (AvgIpc) is 2.61. The minimum Gasteiger partial charge on any atom is -0.450 e. The lowest BCUT2D eigenvalue weighted by Gasteiger charge is -2.20. The van der Waals surface area contributed by atoms with Gasteiger partial charge in [-0.1, -0.05) is 55.3 Å². The summed E-state index contributed by atoms with van der Waals surface area (Å²) in [7, 11) is -3.85. The normalized spacial score (nSPS) is 12.4. The van der Waals surface area contributed by atoms with Crippen LogP contribution in [0.5, 0.6) is 0 Å². The number of benzene rings is 2. The van der Waals surface area contributed by atoms with Gasteiger partial charge < -0.3 is 10.1 Å². The van der Waals surface area contributed by atoms with E-state index >= 15 is 0 Å². The number of carbonyl (C=O) groups excluding carboxylic acids is 1. The highest BCUT2D eigenvalue weighted by Gasteiger charge is 2.31. The van der Waals surface area contributed by atoms with E-state index in [9.17, 15) is 13.2 Å². The van der Waals surface area contributed by atoms with Crippen LogP contribution in [0.2, 0.25) is 5.02 Å². The minimum absolute atomic E-state index is 0.115. The number of amides is 1. The van der Waals surface area contributed by atoms with Crippen molar-refractivity contribution in [3.05, 3.63) is 65.2 Å². The van der Waals surface area contributed by atoms with E-state index in [1.165, 1.54) is 12.1 Å². The van der Waals surface area contributed by atoms with Crippen LogP contribution in [0.1, 0.15) is 30.7 Å². The van der Waals surface area contributed by atoms with Crippen LogP contribution in [0.3, 0.4) is 0 Å². The third kappa shape index (κ3) is 5.21. The van der Waals surface area contributed by atoms with Crippen LogP contribution in [-0.2, 0) is 14.6 Å². The predicted molar refractivity (Wildman–Crippen MR) is 97.2 cm³/mol. The molecule has 2 aromatic carbocycles. The summed E-state index contributed by atoms with van der Waals surface area (Å²) in [5.41, 5.74) is 0.403. The zero-order valence-corrected chi connectivity index (χ0v) is 15.4. The molecule has 134 valence electrons. The number of alkyl carbamates (subject to hydrolysis) is 1. The summed E-state index contributed by atoms with van der Waals surface area (Å²) in [5, 5.41) is 1.67. The highest BCUT2D eigenvalue weighted by Crippen LogP contribution is 2.27. The molecule has 1 N–H and O–H groups in total. The molecule has 0 aromatic heterocycles.